The van der Waals surface area contributed by atoms with Crippen molar-refractivity contribution < 1.29 is 9.59 Å². The van der Waals surface area contributed by atoms with Crippen LogP contribution in [0.15, 0.2) is 30.3 Å². The minimum absolute atomic E-state index is 0.0306. The van der Waals surface area contributed by atoms with E-state index in [0.29, 0.717) is 19.1 Å². The van der Waals surface area contributed by atoms with Crippen molar-refractivity contribution in [3.8, 4) is 0 Å². The number of amides is 3. The van der Waals surface area contributed by atoms with Crippen LogP contribution in [0, 0.1) is 5.92 Å². The van der Waals surface area contributed by atoms with Gasteiger partial charge in [-0.05, 0) is 44.1 Å². The molecule has 1 spiro atoms. The van der Waals surface area contributed by atoms with Gasteiger partial charge in [-0.3, -0.25) is 9.69 Å². The summed E-state index contributed by atoms with van der Waals surface area (Å²) < 4.78 is 0. The van der Waals surface area contributed by atoms with Gasteiger partial charge < -0.3 is 9.80 Å². The van der Waals surface area contributed by atoms with Crippen LogP contribution in [-0.4, -0.2) is 64.4 Å². The van der Waals surface area contributed by atoms with Crippen LogP contribution in [0.1, 0.15) is 52.5 Å². The molecular weight excluding hydrogens is 350 g/mol. The Morgan fingerprint density at radius 2 is 1.68 bits per heavy atom. The zero-order valence-electron chi connectivity index (χ0n) is 17.9. The number of likely N-dealkylation sites (tertiary alicyclic amines) is 1. The minimum Gasteiger partial charge on any atom is -0.309 e. The van der Waals surface area contributed by atoms with Crippen LogP contribution < -0.4 is 0 Å². The molecule has 2 fully saturated rings. The van der Waals surface area contributed by atoms with Crippen LogP contribution in [0.4, 0.5) is 4.79 Å². The van der Waals surface area contributed by atoms with Gasteiger partial charge in [0.25, 0.3) is 5.91 Å². The van der Waals surface area contributed by atoms with Gasteiger partial charge in [-0.2, -0.15) is 0 Å². The lowest BCUT2D eigenvalue weighted by atomic mass is 9.85. The number of carbonyl (C=O) groups excluding carboxylic acids is 2. The Bertz CT molecular complexity index is 680. The summed E-state index contributed by atoms with van der Waals surface area (Å²) in [7, 11) is 0. The Labute approximate surface area is 169 Å². The number of hydrogen-bond acceptors (Lipinski definition) is 3. The molecule has 5 heteroatoms. The van der Waals surface area contributed by atoms with Gasteiger partial charge >= 0.3 is 6.03 Å². The van der Waals surface area contributed by atoms with Gasteiger partial charge in [-0.1, -0.05) is 51.1 Å². The topological polar surface area (TPSA) is 43.9 Å². The monoisotopic (exact) mass is 385 g/mol. The van der Waals surface area contributed by atoms with Crippen molar-refractivity contribution in [3.63, 3.8) is 0 Å². The summed E-state index contributed by atoms with van der Waals surface area (Å²) in [6.07, 6.45) is 3.37. The largest absolute Gasteiger partial charge is 0.327 e. The van der Waals surface area contributed by atoms with Gasteiger partial charge in [0, 0.05) is 32.2 Å². The van der Waals surface area contributed by atoms with E-state index in [-0.39, 0.29) is 17.9 Å². The number of piperidine rings is 1. The van der Waals surface area contributed by atoms with Gasteiger partial charge in [0.1, 0.15) is 5.54 Å². The molecule has 0 aromatic heterocycles. The molecule has 0 bridgehead atoms. The maximum atomic E-state index is 13.4. The van der Waals surface area contributed by atoms with E-state index in [9.17, 15) is 9.59 Å². The fourth-order valence-electron chi connectivity index (χ4n) is 4.58. The molecule has 2 aliphatic rings. The molecular formula is C23H35N3O2. The third-order valence-electron chi connectivity index (χ3n) is 6.48. The number of carbonyl (C=O) groups is 2. The Kier molecular flexibility index (Phi) is 6.43. The van der Waals surface area contributed by atoms with E-state index in [0.717, 1.165) is 38.8 Å². The summed E-state index contributed by atoms with van der Waals surface area (Å²) in [4.78, 5) is 32.6. The second-order valence-electron chi connectivity index (χ2n) is 8.80. The maximum Gasteiger partial charge on any atom is 0.327 e. The summed E-state index contributed by atoms with van der Waals surface area (Å²) in [5.74, 6) is 0.308. The quantitative estimate of drug-likeness (QED) is 0.671. The van der Waals surface area contributed by atoms with Crippen molar-refractivity contribution in [2.75, 3.05) is 26.2 Å². The summed E-state index contributed by atoms with van der Waals surface area (Å²) in [6.45, 7) is 11.4. The zero-order chi connectivity index (χ0) is 20.3. The molecule has 28 heavy (non-hydrogen) atoms. The molecule has 5 nitrogen and oxygen atoms in total. The molecule has 2 heterocycles. The Morgan fingerprint density at radius 3 is 2.25 bits per heavy atom. The van der Waals surface area contributed by atoms with Crippen molar-refractivity contribution in [2.24, 2.45) is 5.92 Å². The van der Waals surface area contributed by atoms with E-state index in [1.54, 1.807) is 0 Å². The first-order chi connectivity index (χ1) is 13.4. The highest BCUT2D eigenvalue weighted by Crippen LogP contribution is 2.38. The molecule has 2 saturated heterocycles. The number of rotatable bonds is 7. The summed E-state index contributed by atoms with van der Waals surface area (Å²) >= 11 is 0. The number of hydrogen-bond donors (Lipinski definition) is 0. The Balaban J connectivity index is 1.81. The lowest BCUT2D eigenvalue weighted by Crippen LogP contribution is -2.58. The SMILES string of the molecule is CC[C@H](C)N1CCC2(CC1)C(=O)N(CC(C)C)C(=O)N2CCc1ccccc1. The lowest BCUT2D eigenvalue weighted by Gasteiger charge is -2.44. The predicted octanol–water partition coefficient (Wildman–Crippen LogP) is 3.78. The van der Waals surface area contributed by atoms with Crippen molar-refractivity contribution in [3.05, 3.63) is 35.9 Å². The molecule has 154 valence electrons. The van der Waals surface area contributed by atoms with Crippen LogP contribution >= 0.6 is 0 Å². The average Bonchev–Trinajstić information content (AvgIpc) is 2.88. The fourth-order valence-corrected chi connectivity index (χ4v) is 4.58. The van der Waals surface area contributed by atoms with Crippen molar-refractivity contribution in [1.29, 1.82) is 0 Å². The highest BCUT2D eigenvalue weighted by atomic mass is 16.2. The molecule has 0 radical (unpaired) electrons. The van der Waals surface area contributed by atoms with Crippen LogP contribution in [0.25, 0.3) is 0 Å². The van der Waals surface area contributed by atoms with E-state index in [2.05, 4.69) is 44.7 Å². The van der Waals surface area contributed by atoms with Crippen LogP contribution in [0.2, 0.25) is 0 Å². The fraction of sp³-hybridized carbons (Fsp3) is 0.652. The third-order valence-corrected chi connectivity index (χ3v) is 6.48. The van der Waals surface area contributed by atoms with Crippen LogP contribution in [0.3, 0.4) is 0 Å². The summed E-state index contributed by atoms with van der Waals surface area (Å²) in [6, 6.07) is 10.7. The maximum absolute atomic E-state index is 13.4. The second-order valence-corrected chi connectivity index (χ2v) is 8.80. The average molecular weight is 386 g/mol. The highest BCUT2D eigenvalue weighted by Gasteiger charge is 2.57. The van der Waals surface area contributed by atoms with Gasteiger partial charge in [0.15, 0.2) is 0 Å². The van der Waals surface area contributed by atoms with E-state index in [1.807, 2.05) is 23.1 Å². The first-order valence-corrected chi connectivity index (χ1v) is 10.8. The van der Waals surface area contributed by atoms with Gasteiger partial charge in [0.2, 0.25) is 0 Å². The predicted molar refractivity (Wildman–Crippen MR) is 112 cm³/mol. The molecule has 2 aliphatic heterocycles. The number of urea groups is 1. The van der Waals surface area contributed by atoms with Crippen LogP contribution in [-0.2, 0) is 11.2 Å². The van der Waals surface area contributed by atoms with E-state index < -0.39 is 5.54 Å². The van der Waals surface area contributed by atoms with Crippen molar-refractivity contribution in [1.82, 2.24) is 14.7 Å². The van der Waals surface area contributed by atoms with Gasteiger partial charge in [-0.15, -0.1) is 0 Å². The molecule has 1 atom stereocenters. The summed E-state index contributed by atoms with van der Waals surface area (Å²) in [5.41, 5.74) is 0.558. The smallest absolute Gasteiger partial charge is 0.309 e. The molecule has 3 rings (SSSR count). The first-order valence-electron chi connectivity index (χ1n) is 10.8. The van der Waals surface area contributed by atoms with Crippen molar-refractivity contribution in [2.45, 2.75) is 65.0 Å². The number of imide groups is 1. The standard InChI is InChI=1S/C23H35N3O2/c1-5-19(4)24-15-12-23(13-16-24)21(27)25(17-18(2)3)22(28)26(23)14-11-20-9-7-6-8-10-20/h6-10,18-19H,5,11-17H2,1-4H3/t19-/m0/s1. The molecule has 0 saturated carbocycles. The zero-order valence-corrected chi connectivity index (χ0v) is 17.9. The molecule has 1 aromatic carbocycles. The summed E-state index contributed by atoms with van der Waals surface area (Å²) in [5, 5.41) is 0. The molecule has 3 amide bonds. The third kappa shape index (κ3) is 3.95. The first kappa shape index (κ1) is 20.8. The number of nitrogens with zero attached hydrogens (tertiary/aromatic N) is 3. The molecule has 0 unspecified atom stereocenters. The molecule has 0 aliphatic carbocycles. The van der Waals surface area contributed by atoms with E-state index >= 15 is 0 Å². The van der Waals surface area contributed by atoms with Crippen molar-refractivity contribution >= 4 is 11.9 Å². The Hall–Kier alpha value is -1.88. The normalized spacial score (nSPS) is 21.2. The second kappa shape index (κ2) is 8.64. The van der Waals surface area contributed by atoms with Gasteiger partial charge in [-0.25, -0.2) is 4.79 Å². The van der Waals surface area contributed by atoms with Crippen LogP contribution in [0.5, 0.6) is 0 Å². The Morgan fingerprint density at radius 1 is 1.04 bits per heavy atom. The van der Waals surface area contributed by atoms with E-state index in [1.165, 1.54) is 10.5 Å². The lowest BCUT2D eigenvalue weighted by molar-refractivity contribution is -0.136. The number of benzene rings is 1. The highest BCUT2D eigenvalue weighted by molar-refractivity contribution is 6.07. The molecule has 0 N–H and O–H groups in total. The molecule has 1 aromatic rings. The minimum atomic E-state index is -0.648. The van der Waals surface area contributed by atoms with Gasteiger partial charge in [0.05, 0.1) is 0 Å². The van der Waals surface area contributed by atoms with E-state index in [4.69, 9.17) is 0 Å².